The van der Waals surface area contributed by atoms with Gasteiger partial charge in [0.1, 0.15) is 23.7 Å². The zero-order valence-electron chi connectivity index (χ0n) is 26.2. The second-order valence-electron chi connectivity index (χ2n) is 12.4. The van der Waals surface area contributed by atoms with E-state index in [1.807, 2.05) is 25.9 Å². The average molecular weight is 586 g/mol. The normalized spacial score (nSPS) is 42.0. The van der Waals surface area contributed by atoms with Crippen LogP contribution in [0.25, 0.3) is 0 Å². The van der Waals surface area contributed by atoms with Crippen molar-refractivity contribution in [1.29, 1.82) is 0 Å². The number of likely N-dealkylation sites (N-methyl/N-ethyl adjacent to an activating group) is 1. The Kier molecular flexibility index (Phi) is 12.2. The second kappa shape index (κ2) is 14.2. The van der Waals surface area contributed by atoms with Gasteiger partial charge >= 0.3 is 5.97 Å². The molecule has 1 fully saturated rings. The van der Waals surface area contributed by atoms with Crippen molar-refractivity contribution in [3.63, 3.8) is 0 Å². The lowest BCUT2D eigenvalue weighted by molar-refractivity contribution is -0.295. The molecule has 1 saturated heterocycles. The number of nitrogens with zero attached hydrogens (tertiary/aromatic N) is 1. The lowest BCUT2D eigenvalue weighted by Gasteiger charge is -2.46. The monoisotopic (exact) mass is 585 g/mol. The molecule has 0 saturated carbocycles. The molecule has 2 heterocycles. The first kappa shape index (κ1) is 35.5. The number of methoxy groups -OCH3 is 1. The van der Waals surface area contributed by atoms with E-state index in [4.69, 9.17) is 18.9 Å². The highest BCUT2D eigenvalue weighted by atomic mass is 16.7. The minimum atomic E-state index is -1.78. The van der Waals surface area contributed by atoms with E-state index >= 15 is 0 Å². The van der Waals surface area contributed by atoms with Gasteiger partial charge in [-0.2, -0.15) is 0 Å². The van der Waals surface area contributed by atoms with E-state index < -0.39 is 77.7 Å². The maximum atomic E-state index is 13.8. The number of carbonyl (C=O) groups is 3. The van der Waals surface area contributed by atoms with Crippen molar-refractivity contribution in [1.82, 2.24) is 4.90 Å². The Labute approximate surface area is 244 Å². The fourth-order valence-corrected chi connectivity index (χ4v) is 6.08. The van der Waals surface area contributed by atoms with E-state index in [1.54, 1.807) is 27.7 Å². The number of carbonyl (C=O) groups excluding carboxylic acids is 3. The summed E-state index contributed by atoms with van der Waals surface area (Å²) in [5.41, 5.74) is -3.08. The summed E-state index contributed by atoms with van der Waals surface area (Å²) in [5.74, 6) is -4.64. The van der Waals surface area contributed by atoms with E-state index in [9.17, 15) is 29.7 Å². The first-order chi connectivity index (χ1) is 18.9. The molecular formula is C30H51NO10. The number of aliphatic hydroxyl groups is 3. The van der Waals surface area contributed by atoms with Crippen LogP contribution in [0.15, 0.2) is 11.6 Å². The first-order valence-corrected chi connectivity index (χ1v) is 14.5. The Morgan fingerprint density at radius 2 is 1.73 bits per heavy atom. The van der Waals surface area contributed by atoms with Gasteiger partial charge in [0.05, 0.1) is 24.4 Å². The molecule has 0 aromatic carbocycles. The van der Waals surface area contributed by atoms with Gasteiger partial charge < -0.3 is 39.2 Å². The highest BCUT2D eigenvalue weighted by molar-refractivity contribution is 6.00. The lowest BCUT2D eigenvalue weighted by atomic mass is 9.77. The number of ketones is 2. The SMILES string of the molecule is CC[C@H]1OC(=O)[C@H](C)C(=O)[C@H](C)[C@@H](OC2O[C@H](C)C[C@H](N(C)C)[C@H]2O)[C@@](C)(OC)C[C@@H](C)C(=O)C(CO)=C[C@]1(C)O. The third-order valence-electron chi connectivity index (χ3n) is 8.70. The van der Waals surface area contributed by atoms with Gasteiger partial charge in [-0.3, -0.25) is 14.4 Å². The van der Waals surface area contributed by atoms with E-state index in [-0.39, 0.29) is 30.6 Å². The largest absolute Gasteiger partial charge is 0.458 e. The molecule has 2 aliphatic rings. The molecule has 41 heavy (non-hydrogen) atoms. The second-order valence-corrected chi connectivity index (χ2v) is 12.4. The summed E-state index contributed by atoms with van der Waals surface area (Å²) in [4.78, 5) is 42.4. The molecule has 11 nitrogen and oxygen atoms in total. The molecule has 0 radical (unpaired) electrons. The Morgan fingerprint density at radius 1 is 1.12 bits per heavy atom. The third-order valence-corrected chi connectivity index (χ3v) is 8.70. The predicted molar refractivity (Wildman–Crippen MR) is 151 cm³/mol. The van der Waals surface area contributed by atoms with Crippen molar-refractivity contribution < 1.29 is 48.7 Å². The number of hydrogen-bond donors (Lipinski definition) is 3. The molecule has 0 aromatic heterocycles. The Hall–Kier alpha value is -1.73. The smallest absolute Gasteiger partial charge is 0.316 e. The van der Waals surface area contributed by atoms with Crippen LogP contribution in [-0.2, 0) is 33.3 Å². The molecule has 2 aliphatic heterocycles. The zero-order valence-corrected chi connectivity index (χ0v) is 26.2. The summed E-state index contributed by atoms with van der Waals surface area (Å²) in [5, 5.41) is 32.4. The molecule has 0 spiro atoms. The summed E-state index contributed by atoms with van der Waals surface area (Å²) in [6.07, 6.45) is -2.47. The minimum Gasteiger partial charge on any atom is -0.458 e. The van der Waals surface area contributed by atoms with Crippen molar-refractivity contribution in [3.05, 3.63) is 11.6 Å². The highest BCUT2D eigenvalue weighted by Crippen LogP contribution is 2.37. The van der Waals surface area contributed by atoms with Gasteiger partial charge in [-0.15, -0.1) is 0 Å². The summed E-state index contributed by atoms with van der Waals surface area (Å²) in [7, 11) is 5.14. The lowest BCUT2D eigenvalue weighted by Crippen LogP contribution is -2.59. The fraction of sp³-hybridized carbons (Fsp3) is 0.833. The molecule has 0 aliphatic carbocycles. The number of hydrogen-bond acceptors (Lipinski definition) is 11. The van der Waals surface area contributed by atoms with Crippen LogP contribution < -0.4 is 0 Å². The molecule has 11 atom stereocenters. The fourth-order valence-electron chi connectivity index (χ4n) is 6.08. The van der Waals surface area contributed by atoms with Gasteiger partial charge in [-0.05, 0) is 67.1 Å². The number of cyclic esters (lactones) is 1. The van der Waals surface area contributed by atoms with Gasteiger partial charge in [-0.25, -0.2) is 0 Å². The Morgan fingerprint density at radius 3 is 2.24 bits per heavy atom. The number of aliphatic hydroxyl groups excluding tert-OH is 2. The van der Waals surface area contributed by atoms with Crippen LogP contribution in [0.4, 0.5) is 0 Å². The van der Waals surface area contributed by atoms with Crippen LogP contribution in [0.2, 0.25) is 0 Å². The first-order valence-electron chi connectivity index (χ1n) is 14.5. The van der Waals surface area contributed by atoms with Crippen LogP contribution in [0.3, 0.4) is 0 Å². The van der Waals surface area contributed by atoms with Crippen LogP contribution in [0.1, 0.15) is 67.7 Å². The molecule has 1 unspecified atom stereocenters. The number of Topliss-reactive ketones (excluding diaryl/α,β-unsaturated/α-hetero) is 2. The number of rotatable bonds is 6. The topological polar surface area (TPSA) is 152 Å². The quantitative estimate of drug-likeness (QED) is 0.308. The van der Waals surface area contributed by atoms with E-state index in [0.29, 0.717) is 6.42 Å². The molecule has 3 N–H and O–H groups in total. The van der Waals surface area contributed by atoms with Gasteiger partial charge in [-0.1, -0.05) is 20.8 Å². The molecule has 11 heteroatoms. The molecular weight excluding hydrogens is 534 g/mol. The molecule has 0 aromatic rings. The van der Waals surface area contributed by atoms with Crippen molar-refractivity contribution in [2.45, 2.75) is 116 Å². The third kappa shape index (κ3) is 8.01. The van der Waals surface area contributed by atoms with Gasteiger partial charge in [0.2, 0.25) is 0 Å². The van der Waals surface area contributed by atoms with E-state index in [2.05, 4.69) is 0 Å². The molecule has 236 valence electrons. The van der Waals surface area contributed by atoms with Crippen LogP contribution in [0.5, 0.6) is 0 Å². The molecule has 0 bridgehead atoms. The van der Waals surface area contributed by atoms with E-state index in [1.165, 1.54) is 27.0 Å². The minimum absolute atomic E-state index is 0.0316. The average Bonchev–Trinajstić information content (AvgIpc) is 2.91. The summed E-state index contributed by atoms with van der Waals surface area (Å²) in [6.45, 7) is 10.8. The number of esters is 1. The van der Waals surface area contributed by atoms with Crippen molar-refractivity contribution in [2.24, 2.45) is 17.8 Å². The van der Waals surface area contributed by atoms with Gasteiger partial charge in [0.15, 0.2) is 17.9 Å². The van der Waals surface area contributed by atoms with Crippen LogP contribution in [-0.4, -0.2) is 114 Å². The summed E-state index contributed by atoms with van der Waals surface area (Å²) >= 11 is 0. The Balaban J connectivity index is 2.65. The maximum Gasteiger partial charge on any atom is 0.316 e. The van der Waals surface area contributed by atoms with Gasteiger partial charge in [0, 0.05) is 30.6 Å². The highest BCUT2D eigenvalue weighted by Gasteiger charge is 2.49. The van der Waals surface area contributed by atoms with Crippen LogP contribution >= 0.6 is 0 Å². The van der Waals surface area contributed by atoms with Crippen LogP contribution in [0, 0.1) is 17.8 Å². The van der Waals surface area contributed by atoms with Gasteiger partial charge in [0.25, 0.3) is 0 Å². The summed E-state index contributed by atoms with van der Waals surface area (Å²) in [6, 6.07) is -0.271. The molecule has 2 rings (SSSR count). The van der Waals surface area contributed by atoms with Crippen molar-refractivity contribution in [2.75, 3.05) is 27.8 Å². The maximum absolute atomic E-state index is 13.8. The number of ether oxygens (including phenoxy) is 4. The predicted octanol–water partition coefficient (Wildman–Crippen LogP) is 1.64. The molecule has 0 amide bonds. The Bertz CT molecular complexity index is 965. The van der Waals surface area contributed by atoms with Crippen molar-refractivity contribution in [3.8, 4) is 0 Å². The standard InChI is InChI=1S/C30H51NO10/c1-11-22-29(6,37)14-20(15-32)23(33)16(2)13-30(7,38-10)26(18(4)24(34)19(5)27(36)40-22)41-28-25(35)21(31(8)9)12-17(3)39-28/h14,16-19,21-22,25-26,28,32,35,37H,11-13,15H2,1-10H3/t16-,17-,18+,19-,21+,22-,25-,26-,28?,29+,30+/m1/s1. The van der Waals surface area contributed by atoms with E-state index in [0.717, 1.165) is 0 Å². The summed E-state index contributed by atoms with van der Waals surface area (Å²) < 4.78 is 24.0. The zero-order chi connectivity index (χ0) is 31.4. The van der Waals surface area contributed by atoms with Crippen molar-refractivity contribution >= 4 is 17.5 Å².